The number of hydrogen-bond acceptors (Lipinski definition) is 5. The van der Waals surface area contributed by atoms with Gasteiger partial charge >= 0.3 is 0 Å². The van der Waals surface area contributed by atoms with Crippen LogP contribution in [0.4, 0.5) is 17.1 Å². The molecular weight excluding hydrogens is 1280 g/mol. The van der Waals surface area contributed by atoms with Crippen LogP contribution in [0, 0.1) is 13.8 Å². The van der Waals surface area contributed by atoms with Crippen molar-refractivity contribution in [3.63, 3.8) is 0 Å². The molecule has 0 radical (unpaired) electrons. The van der Waals surface area contributed by atoms with Gasteiger partial charge in [-0.2, -0.15) is 9.97 Å². The zero-order valence-electron chi connectivity index (χ0n) is 58.0. The highest BCUT2D eigenvalue weighted by atomic mass is 32.1. The molecule has 0 spiro atoms. The number of benzene rings is 17. The molecule has 3 aromatic heterocycles. The van der Waals surface area contributed by atoms with Crippen LogP contribution in [-0.2, 0) is 5.41 Å². The summed E-state index contributed by atoms with van der Waals surface area (Å²) >= 11 is 1.86. The minimum absolute atomic E-state index is 0.246. The van der Waals surface area contributed by atoms with Gasteiger partial charge in [-0.15, -0.1) is 11.3 Å². The largest absolute Gasteiger partial charge is 0.310 e. The number of aryl methyl sites for hydroxylation is 2. The molecule has 490 valence electrons. The Bertz CT molecular complexity index is 6980. The summed E-state index contributed by atoms with van der Waals surface area (Å²) in [7, 11) is 0. The Morgan fingerprint density at radius 1 is 0.298 bits per heavy atom. The van der Waals surface area contributed by atoms with Crippen LogP contribution in [0.25, 0.3) is 179 Å². The molecule has 6 heteroatoms. The molecule has 0 amide bonds. The topological polar surface area (TPSA) is 46.8 Å². The quantitative estimate of drug-likeness (QED) is 0.128. The number of hydrogen-bond donors (Lipinski definition) is 0. The Hall–Kier alpha value is -12.6. The van der Waals surface area contributed by atoms with Crippen molar-refractivity contribution in [3.05, 3.63) is 332 Å². The zero-order chi connectivity index (χ0) is 69.1. The van der Waals surface area contributed by atoms with Gasteiger partial charge in [0.05, 0.1) is 16.7 Å². The highest BCUT2D eigenvalue weighted by Gasteiger charge is 2.42. The summed E-state index contributed by atoms with van der Waals surface area (Å²) in [6.45, 7) is 9.09. The Morgan fingerprint density at radius 2 is 0.750 bits per heavy atom. The van der Waals surface area contributed by atoms with E-state index in [-0.39, 0.29) is 5.41 Å². The monoisotopic (exact) mass is 1350 g/mol. The van der Waals surface area contributed by atoms with Gasteiger partial charge in [0.2, 0.25) is 5.95 Å². The summed E-state index contributed by atoms with van der Waals surface area (Å²) in [6, 6.07) is 116. The van der Waals surface area contributed by atoms with E-state index in [4.69, 9.17) is 15.0 Å². The van der Waals surface area contributed by atoms with Crippen LogP contribution in [0.3, 0.4) is 0 Å². The van der Waals surface area contributed by atoms with E-state index in [1.165, 1.54) is 107 Å². The van der Waals surface area contributed by atoms with Crippen LogP contribution in [0.5, 0.6) is 0 Å². The van der Waals surface area contributed by atoms with E-state index in [2.05, 4.69) is 347 Å². The highest BCUT2D eigenvalue weighted by molar-refractivity contribution is 7.25. The fraction of sp³-hybridized carbons (Fsp3) is 0.0714. The summed E-state index contributed by atoms with van der Waals surface area (Å²) in [5.74, 6) is 1.78. The van der Waals surface area contributed by atoms with Gasteiger partial charge in [0.25, 0.3) is 0 Å². The molecule has 104 heavy (non-hydrogen) atoms. The number of anilines is 3. The highest BCUT2D eigenvalue weighted by Crippen LogP contribution is 2.57. The Kier molecular flexibility index (Phi) is 13.4. The van der Waals surface area contributed by atoms with E-state index in [1.807, 2.05) is 11.3 Å². The Morgan fingerprint density at radius 3 is 1.38 bits per heavy atom. The molecule has 1 aliphatic rings. The van der Waals surface area contributed by atoms with Crippen molar-refractivity contribution < 1.29 is 0 Å². The van der Waals surface area contributed by atoms with Gasteiger partial charge in [-0.05, 0) is 220 Å². The van der Waals surface area contributed by atoms with Crippen molar-refractivity contribution in [1.29, 1.82) is 0 Å². The third-order valence-electron chi connectivity index (χ3n) is 22.9. The van der Waals surface area contributed by atoms with Gasteiger partial charge in [-0.1, -0.05) is 255 Å². The minimum Gasteiger partial charge on any atom is -0.310 e. The number of rotatable bonds is 10. The zero-order valence-corrected chi connectivity index (χ0v) is 58.8. The number of fused-ring (bicyclic) bond motifs is 22. The summed E-state index contributed by atoms with van der Waals surface area (Å²) < 4.78 is 4.90. The van der Waals surface area contributed by atoms with E-state index >= 15 is 0 Å². The van der Waals surface area contributed by atoms with E-state index in [1.54, 1.807) is 0 Å². The maximum Gasteiger partial charge on any atom is 0.238 e. The molecule has 0 unspecified atom stereocenters. The molecule has 0 saturated carbocycles. The maximum absolute atomic E-state index is 5.68. The van der Waals surface area contributed by atoms with Gasteiger partial charge in [-0.3, -0.25) is 4.57 Å². The average Bonchev–Trinajstić information content (AvgIpc) is 1.52. The molecule has 0 atom stereocenters. The second kappa shape index (κ2) is 23.2. The SMILES string of the molecule is CCC1(CC)c2cc3c4ccccc4c4ccccc4c3cc2-c2cc3c(cc21)c1ccc(-c2ccc(N(c4ccc5c(c4)sc4ccccc45)c4ccc5c6ccccc6c6ccccc6c5c4)c4ccccc24)cc1n3-c1nc(-c2ccc(-c3ccccc3)cc2)nc(-c2cc(C)cc(C)c2)n1. The first kappa shape index (κ1) is 60.2. The summed E-state index contributed by atoms with van der Waals surface area (Å²) in [4.78, 5) is 19.3. The molecule has 1 aliphatic carbocycles. The molecule has 5 nitrogen and oxygen atoms in total. The van der Waals surface area contributed by atoms with Gasteiger partial charge < -0.3 is 4.90 Å². The van der Waals surface area contributed by atoms with Crippen molar-refractivity contribution in [3.8, 4) is 62.1 Å². The van der Waals surface area contributed by atoms with Crippen LogP contribution in [-0.4, -0.2) is 19.5 Å². The van der Waals surface area contributed by atoms with E-state index in [9.17, 15) is 0 Å². The summed E-state index contributed by atoms with van der Waals surface area (Å²) in [5, 5.41) is 22.3. The third-order valence-corrected chi connectivity index (χ3v) is 24.1. The van der Waals surface area contributed by atoms with Crippen LogP contribution in [0.2, 0.25) is 0 Å². The fourth-order valence-electron chi connectivity index (χ4n) is 18.1. The average molecular weight is 1350 g/mol. The Balaban J connectivity index is 0.811. The molecule has 0 aliphatic heterocycles. The molecule has 20 aromatic rings. The lowest BCUT2D eigenvalue weighted by molar-refractivity contribution is 0.491. The van der Waals surface area contributed by atoms with Crippen LogP contribution in [0.1, 0.15) is 48.9 Å². The minimum atomic E-state index is -0.246. The predicted molar refractivity (Wildman–Crippen MR) is 442 cm³/mol. The molecule has 17 aromatic carbocycles. The molecule has 0 bridgehead atoms. The van der Waals surface area contributed by atoms with Crippen molar-refractivity contribution in [1.82, 2.24) is 19.5 Å². The maximum atomic E-state index is 5.68. The van der Waals surface area contributed by atoms with Crippen molar-refractivity contribution >= 4 is 146 Å². The van der Waals surface area contributed by atoms with Gasteiger partial charge in [0.1, 0.15) is 0 Å². The second-order valence-corrected chi connectivity index (χ2v) is 29.6. The fourth-order valence-corrected chi connectivity index (χ4v) is 19.2. The van der Waals surface area contributed by atoms with Crippen molar-refractivity contribution in [2.24, 2.45) is 0 Å². The van der Waals surface area contributed by atoms with E-state index < -0.39 is 0 Å². The lowest BCUT2D eigenvalue weighted by atomic mass is 9.73. The Labute approximate surface area is 605 Å². The lowest BCUT2D eigenvalue weighted by Gasteiger charge is -2.30. The van der Waals surface area contributed by atoms with Crippen molar-refractivity contribution in [2.45, 2.75) is 46.0 Å². The number of thiophene rings is 1. The standard InChI is InChI=1S/C98H67N5S/c1-5-98(6-2)88-55-84-76-32-17-14-28-72(76)71-27-13-16-31-75(71)83(84)54-85(88)86-57-92-87(56-89(86)98)79-43-40-63(51-91(79)103(92)97-100-95(99-96(101-97)64-49-58(3)48-59(4)50-64)62-38-36-61(37-39-62)60-22-8-7-9-23-60)67-46-47-90(78-33-19-18-24-68(67)78)102(66-42-45-81-80-34-20-21-35-93(80)104-94(81)53-66)65-41-44-77-73-29-11-10-25-69(73)70-26-12-15-30-74(70)82(77)52-65/h7-57H,5-6H2,1-4H3. The van der Waals surface area contributed by atoms with Crippen LogP contribution >= 0.6 is 11.3 Å². The van der Waals surface area contributed by atoms with Crippen molar-refractivity contribution in [2.75, 3.05) is 4.90 Å². The third kappa shape index (κ3) is 9.08. The summed E-state index contributed by atoms with van der Waals surface area (Å²) in [5.41, 5.74) is 19.1. The van der Waals surface area contributed by atoms with Gasteiger partial charge in [0, 0.05) is 64.2 Å². The lowest BCUT2D eigenvalue weighted by Crippen LogP contribution is -2.23. The summed E-state index contributed by atoms with van der Waals surface area (Å²) in [6.07, 6.45) is 1.90. The van der Waals surface area contributed by atoms with Crippen LogP contribution < -0.4 is 4.90 Å². The smallest absolute Gasteiger partial charge is 0.238 e. The predicted octanol–water partition coefficient (Wildman–Crippen LogP) is 27.3. The first-order valence-electron chi connectivity index (χ1n) is 36.3. The molecular formula is C98H67N5S. The molecule has 0 saturated heterocycles. The van der Waals surface area contributed by atoms with Gasteiger partial charge in [-0.25, -0.2) is 4.98 Å². The normalized spacial score (nSPS) is 12.8. The number of nitrogens with zero attached hydrogens (tertiary/aromatic N) is 5. The van der Waals surface area contributed by atoms with E-state index in [0.717, 1.165) is 107 Å². The van der Waals surface area contributed by atoms with Crippen LogP contribution in [0.15, 0.2) is 309 Å². The molecule has 0 fully saturated rings. The van der Waals surface area contributed by atoms with Gasteiger partial charge in [0.15, 0.2) is 11.6 Å². The molecule has 21 rings (SSSR count). The molecule has 3 heterocycles. The second-order valence-electron chi connectivity index (χ2n) is 28.5. The first-order chi connectivity index (χ1) is 51.2. The van der Waals surface area contributed by atoms with E-state index in [0.29, 0.717) is 17.6 Å². The first-order valence-corrected chi connectivity index (χ1v) is 37.1. The molecule has 0 N–H and O–H groups in total. The number of aromatic nitrogens is 4.